The van der Waals surface area contributed by atoms with Gasteiger partial charge >= 0.3 is 0 Å². The number of anilines is 1. The number of hydrogen-bond acceptors (Lipinski definition) is 2. The molecule has 0 aliphatic carbocycles. The van der Waals surface area contributed by atoms with Crippen molar-refractivity contribution in [3.63, 3.8) is 0 Å². The van der Waals surface area contributed by atoms with Gasteiger partial charge < -0.3 is 4.90 Å². The summed E-state index contributed by atoms with van der Waals surface area (Å²) in [6.07, 6.45) is 0. The van der Waals surface area contributed by atoms with E-state index >= 15 is 0 Å². The molecule has 0 N–H and O–H groups in total. The minimum absolute atomic E-state index is 0.792. The smallest absolute Gasteiger partial charge is 0.135 e. The molecule has 0 saturated carbocycles. The van der Waals surface area contributed by atoms with Crippen molar-refractivity contribution in [2.45, 2.75) is 27.3 Å². The highest BCUT2D eigenvalue weighted by Gasteiger charge is 2.20. The fraction of sp³-hybridized carbons (Fsp3) is 0.286. The van der Waals surface area contributed by atoms with E-state index in [-0.39, 0.29) is 0 Å². The van der Waals surface area contributed by atoms with Crippen LogP contribution in [0.25, 0.3) is 11.1 Å². The van der Waals surface area contributed by atoms with E-state index in [1.54, 1.807) is 0 Å². The molecule has 24 heavy (non-hydrogen) atoms. The standard InChI is InChI=1S/C21H25N3/c1-4-23(5-2)21-20(19-14-10-7-11-15-19)17(3)22-24(21)16-18-12-8-6-9-13-18/h6-15H,4-5,16H2,1-3H3. The van der Waals surface area contributed by atoms with Gasteiger partial charge in [-0.05, 0) is 31.9 Å². The highest BCUT2D eigenvalue weighted by atomic mass is 15.4. The number of aromatic nitrogens is 2. The summed E-state index contributed by atoms with van der Waals surface area (Å²) in [6.45, 7) is 9.24. The summed E-state index contributed by atoms with van der Waals surface area (Å²) in [5.41, 5.74) is 4.83. The maximum absolute atomic E-state index is 4.87. The molecule has 3 nitrogen and oxygen atoms in total. The molecule has 1 aromatic heterocycles. The molecule has 0 aliphatic rings. The van der Waals surface area contributed by atoms with E-state index in [4.69, 9.17) is 5.10 Å². The number of hydrogen-bond donors (Lipinski definition) is 0. The van der Waals surface area contributed by atoms with Crippen molar-refractivity contribution in [2.75, 3.05) is 18.0 Å². The summed E-state index contributed by atoms with van der Waals surface area (Å²) in [5.74, 6) is 1.22. The van der Waals surface area contributed by atoms with Crippen molar-refractivity contribution >= 4 is 5.82 Å². The highest BCUT2D eigenvalue weighted by Crippen LogP contribution is 2.34. The minimum Gasteiger partial charge on any atom is -0.357 e. The lowest BCUT2D eigenvalue weighted by Crippen LogP contribution is -2.26. The lowest BCUT2D eigenvalue weighted by molar-refractivity contribution is 0.657. The predicted octanol–water partition coefficient (Wildman–Crippen LogP) is 4.75. The fourth-order valence-electron chi connectivity index (χ4n) is 3.22. The lowest BCUT2D eigenvalue weighted by Gasteiger charge is -2.24. The summed E-state index contributed by atoms with van der Waals surface area (Å²) in [5, 5.41) is 4.87. The molecule has 3 rings (SSSR count). The Labute approximate surface area is 144 Å². The predicted molar refractivity (Wildman–Crippen MR) is 102 cm³/mol. The number of rotatable bonds is 6. The van der Waals surface area contributed by atoms with Crippen LogP contribution in [0.4, 0.5) is 5.82 Å². The second kappa shape index (κ2) is 7.35. The van der Waals surface area contributed by atoms with Gasteiger partial charge in [0.15, 0.2) is 0 Å². The van der Waals surface area contributed by atoms with Gasteiger partial charge in [0, 0.05) is 18.7 Å². The molecule has 124 valence electrons. The number of aryl methyl sites for hydroxylation is 1. The Balaban J connectivity index is 2.12. The zero-order valence-corrected chi connectivity index (χ0v) is 14.7. The van der Waals surface area contributed by atoms with E-state index in [2.05, 4.69) is 91.0 Å². The van der Waals surface area contributed by atoms with Gasteiger partial charge in [-0.1, -0.05) is 60.7 Å². The summed E-state index contributed by atoms with van der Waals surface area (Å²) < 4.78 is 2.15. The molecule has 0 saturated heterocycles. The van der Waals surface area contributed by atoms with E-state index in [0.717, 1.165) is 25.3 Å². The zero-order valence-electron chi connectivity index (χ0n) is 14.7. The van der Waals surface area contributed by atoms with Crippen LogP contribution in [0.3, 0.4) is 0 Å². The summed E-state index contributed by atoms with van der Waals surface area (Å²) in [6, 6.07) is 21.1. The SMILES string of the molecule is CCN(CC)c1c(-c2ccccc2)c(C)nn1Cc1ccccc1. The van der Waals surface area contributed by atoms with Gasteiger partial charge in [0.1, 0.15) is 5.82 Å². The lowest BCUT2D eigenvalue weighted by atomic mass is 10.1. The third-order valence-corrected chi connectivity index (χ3v) is 4.40. The van der Waals surface area contributed by atoms with Crippen molar-refractivity contribution in [1.29, 1.82) is 0 Å². The number of benzene rings is 2. The molecular formula is C21H25N3. The van der Waals surface area contributed by atoms with Crippen LogP contribution in [0.5, 0.6) is 0 Å². The number of nitrogens with zero attached hydrogens (tertiary/aromatic N) is 3. The van der Waals surface area contributed by atoms with E-state index in [0.29, 0.717) is 0 Å². The second-order valence-electron chi connectivity index (χ2n) is 5.97. The van der Waals surface area contributed by atoms with Gasteiger partial charge in [-0.3, -0.25) is 0 Å². The van der Waals surface area contributed by atoms with Gasteiger partial charge in [0.25, 0.3) is 0 Å². The quantitative estimate of drug-likeness (QED) is 0.653. The molecule has 0 fully saturated rings. The average Bonchev–Trinajstić information content (AvgIpc) is 2.94. The Bertz CT molecular complexity index is 772. The zero-order chi connectivity index (χ0) is 16.9. The van der Waals surface area contributed by atoms with Gasteiger partial charge in [-0.2, -0.15) is 5.10 Å². The van der Waals surface area contributed by atoms with Crippen LogP contribution < -0.4 is 4.90 Å². The maximum atomic E-state index is 4.87. The summed E-state index contributed by atoms with van der Waals surface area (Å²) in [7, 11) is 0. The molecular weight excluding hydrogens is 294 g/mol. The Morgan fingerprint density at radius 1 is 0.875 bits per heavy atom. The average molecular weight is 319 g/mol. The first-order chi connectivity index (χ1) is 11.7. The van der Waals surface area contributed by atoms with Crippen molar-refractivity contribution in [1.82, 2.24) is 9.78 Å². The van der Waals surface area contributed by atoms with Crippen LogP contribution in [0, 0.1) is 6.92 Å². The van der Waals surface area contributed by atoms with Crippen molar-refractivity contribution in [2.24, 2.45) is 0 Å². The molecule has 1 heterocycles. The second-order valence-corrected chi connectivity index (χ2v) is 5.97. The van der Waals surface area contributed by atoms with Crippen molar-refractivity contribution < 1.29 is 0 Å². The molecule has 2 aromatic carbocycles. The molecule has 0 unspecified atom stereocenters. The van der Waals surface area contributed by atoms with Crippen LogP contribution in [0.2, 0.25) is 0 Å². The van der Waals surface area contributed by atoms with Gasteiger partial charge in [-0.15, -0.1) is 0 Å². The topological polar surface area (TPSA) is 21.1 Å². The highest BCUT2D eigenvalue weighted by molar-refractivity contribution is 5.78. The van der Waals surface area contributed by atoms with Crippen LogP contribution >= 0.6 is 0 Å². The fourth-order valence-corrected chi connectivity index (χ4v) is 3.22. The van der Waals surface area contributed by atoms with Crippen LogP contribution in [0.1, 0.15) is 25.1 Å². The first-order valence-corrected chi connectivity index (χ1v) is 8.66. The van der Waals surface area contributed by atoms with E-state index < -0.39 is 0 Å². The van der Waals surface area contributed by atoms with Gasteiger partial charge in [-0.25, -0.2) is 4.68 Å². The van der Waals surface area contributed by atoms with Gasteiger partial charge in [0.05, 0.1) is 12.2 Å². The molecule has 0 radical (unpaired) electrons. The Kier molecular flexibility index (Phi) is 4.99. The normalized spacial score (nSPS) is 10.8. The van der Waals surface area contributed by atoms with E-state index in [1.165, 1.54) is 22.5 Å². The van der Waals surface area contributed by atoms with Crippen LogP contribution in [-0.2, 0) is 6.54 Å². The van der Waals surface area contributed by atoms with Crippen molar-refractivity contribution in [3.05, 3.63) is 71.9 Å². The summed E-state index contributed by atoms with van der Waals surface area (Å²) >= 11 is 0. The molecule has 0 amide bonds. The molecule has 0 bridgehead atoms. The van der Waals surface area contributed by atoms with Crippen LogP contribution in [-0.4, -0.2) is 22.9 Å². The van der Waals surface area contributed by atoms with Crippen LogP contribution in [0.15, 0.2) is 60.7 Å². The molecule has 0 spiro atoms. The third kappa shape index (κ3) is 3.21. The molecule has 3 aromatic rings. The Hall–Kier alpha value is -2.55. The Morgan fingerprint density at radius 2 is 1.46 bits per heavy atom. The molecule has 3 heteroatoms. The monoisotopic (exact) mass is 319 g/mol. The Morgan fingerprint density at radius 3 is 2.04 bits per heavy atom. The first-order valence-electron chi connectivity index (χ1n) is 8.66. The largest absolute Gasteiger partial charge is 0.357 e. The van der Waals surface area contributed by atoms with Gasteiger partial charge in [0.2, 0.25) is 0 Å². The maximum Gasteiger partial charge on any atom is 0.135 e. The van der Waals surface area contributed by atoms with E-state index in [1.807, 2.05) is 0 Å². The molecule has 0 aliphatic heterocycles. The first kappa shape index (κ1) is 16.3. The molecule has 0 atom stereocenters. The van der Waals surface area contributed by atoms with E-state index in [9.17, 15) is 0 Å². The summed E-state index contributed by atoms with van der Waals surface area (Å²) in [4.78, 5) is 2.39. The third-order valence-electron chi connectivity index (χ3n) is 4.40. The minimum atomic E-state index is 0.792. The van der Waals surface area contributed by atoms with Crippen molar-refractivity contribution in [3.8, 4) is 11.1 Å².